The molecule has 0 saturated heterocycles. The van der Waals surface area contributed by atoms with Gasteiger partial charge in [0, 0.05) is 12.8 Å². The highest BCUT2D eigenvalue weighted by molar-refractivity contribution is 5.92. The van der Waals surface area contributed by atoms with E-state index in [9.17, 15) is 0 Å². The zero-order chi connectivity index (χ0) is 27.3. The highest BCUT2D eigenvalue weighted by Crippen LogP contribution is 2.31. The number of amidine groups is 1. The van der Waals surface area contributed by atoms with E-state index in [4.69, 9.17) is 21.4 Å². The molecule has 6 nitrogen and oxygen atoms in total. The summed E-state index contributed by atoms with van der Waals surface area (Å²) in [7, 11) is 0. The molecule has 6 heteroatoms. The molecule has 0 fully saturated rings. The summed E-state index contributed by atoms with van der Waals surface area (Å²) in [4.78, 5) is 12.9. The van der Waals surface area contributed by atoms with Crippen molar-refractivity contribution in [1.29, 1.82) is 0 Å². The van der Waals surface area contributed by atoms with E-state index in [0.717, 1.165) is 80.9 Å². The summed E-state index contributed by atoms with van der Waals surface area (Å²) in [6, 6.07) is 29.1. The fourth-order valence-corrected chi connectivity index (χ4v) is 5.58. The number of benzene rings is 4. The standard InChI is InChI=1S/C34H38N6/c35-17-3-1-5-33-37-22-32(40-33)24-9-7-23(8-10-24)25-11-12-27-20-28(14-13-26(27)19-25)29-15-16-30-31(21-29)39-34(38-30)6-2-4-18-36/h7-16,19-21,32H,1-6,17-18,22,35-36H2,(H,37,40)(H,38,39). The second-order valence-electron chi connectivity index (χ2n) is 10.8. The second kappa shape index (κ2) is 12.0. The number of fused-ring (bicyclic) bond motifs is 2. The van der Waals surface area contributed by atoms with Crippen LogP contribution in [0.2, 0.25) is 0 Å². The third kappa shape index (κ3) is 5.79. The van der Waals surface area contributed by atoms with Crippen molar-refractivity contribution in [1.82, 2.24) is 15.3 Å². The lowest BCUT2D eigenvalue weighted by molar-refractivity contribution is 0.696. The van der Waals surface area contributed by atoms with Crippen molar-refractivity contribution in [3.05, 3.63) is 90.3 Å². The molecule has 204 valence electrons. The van der Waals surface area contributed by atoms with Crippen LogP contribution in [0.25, 0.3) is 44.1 Å². The molecular formula is C34H38N6. The minimum Gasteiger partial charge on any atom is -0.365 e. The van der Waals surface area contributed by atoms with Gasteiger partial charge in [-0.3, -0.25) is 4.99 Å². The van der Waals surface area contributed by atoms with Crippen molar-refractivity contribution in [2.24, 2.45) is 16.5 Å². The molecule has 1 unspecified atom stereocenters. The molecule has 0 aliphatic carbocycles. The van der Waals surface area contributed by atoms with Gasteiger partial charge in [-0.15, -0.1) is 0 Å². The number of nitrogens with two attached hydrogens (primary N) is 2. The van der Waals surface area contributed by atoms with Gasteiger partial charge < -0.3 is 21.8 Å². The molecule has 0 radical (unpaired) electrons. The number of hydrogen-bond donors (Lipinski definition) is 4. The Morgan fingerprint density at radius 2 is 1.30 bits per heavy atom. The Balaban J connectivity index is 1.15. The van der Waals surface area contributed by atoms with Crippen molar-refractivity contribution < 1.29 is 0 Å². The predicted octanol–water partition coefficient (Wildman–Crippen LogP) is 6.50. The van der Waals surface area contributed by atoms with E-state index >= 15 is 0 Å². The summed E-state index contributed by atoms with van der Waals surface area (Å²) in [6.07, 6.45) is 6.14. The number of aryl methyl sites for hydroxylation is 1. The normalized spacial score (nSPS) is 15.1. The Bertz CT molecular complexity index is 1630. The van der Waals surface area contributed by atoms with Crippen LogP contribution in [0.15, 0.2) is 83.9 Å². The van der Waals surface area contributed by atoms with E-state index in [1.54, 1.807) is 0 Å². The van der Waals surface area contributed by atoms with Gasteiger partial charge in [0.1, 0.15) is 5.82 Å². The molecule has 1 atom stereocenters. The minimum absolute atomic E-state index is 0.265. The summed E-state index contributed by atoms with van der Waals surface area (Å²) < 4.78 is 0. The molecule has 6 N–H and O–H groups in total. The Labute approximate surface area is 235 Å². The van der Waals surface area contributed by atoms with Gasteiger partial charge in [0.15, 0.2) is 0 Å². The van der Waals surface area contributed by atoms with Gasteiger partial charge >= 0.3 is 0 Å². The number of rotatable bonds is 11. The number of hydrogen-bond acceptors (Lipinski definition) is 5. The maximum atomic E-state index is 5.64. The Hall–Kier alpha value is -4.00. The van der Waals surface area contributed by atoms with E-state index in [0.29, 0.717) is 0 Å². The van der Waals surface area contributed by atoms with Crippen molar-refractivity contribution in [2.75, 3.05) is 19.6 Å². The SMILES string of the molecule is NCCCCC1=NCC(c2ccc(-c3ccc4cc(-c5ccc6nc(CCCCN)[nH]c6c5)ccc4c3)cc2)N1. The zero-order valence-electron chi connectivity index (χ0n) is 23.0. The number of aromatic nitrogens is 2. The van der Waals surface area contributed by atoms with Gasteiger partial charge in [-0.25, -0.2) is 4.98 Å². The fourth-order valence-electron chi connectivity index (χ4n) is 5.58. The topological polar surface area (TPSA) is 105 Å². The van der Waals surface area contributed by atoms with Crippen LogP contribution >= 0.6 is 0 Å². The molecule has 0 saturated carbocycles. The average molecular weight is 531 g/mol. The first-order valence-corrected chi connectivity index (χ1v) is 14.5. The number of unbranched alkanes of at least 4 members (excludes halogenated alkanes) is 2. The quantitative estimate of drug-likeness (QED) is 0.146. The molecule has 1 aliphatic heterocycles. The van der Waals surface area contributed by atoms with Crippen molar-refractivity contribution in [3.8, 4) is 22.3 Å². The van der Waals surface area contributed by atoms with Crippen LogP contribution in [0.1, 0.15) is 49.5 Å². The first-order valence-electron chi connectivity index (χ1n) is 14.5. The van der Waals surface area contributed by atoms with Gasteiger partial charge in [-0.2, -0.15) is 0 Å². The highest BCUT2D eigenvalue weighted by atomic mass is 15.1. The van der Waals surface area contributed by atoms with Crippen LogP contribution in [0.4, 0.5) is 0 Å². The molecule has 0 amide bonds. The summed E-state index contributed by atoms with van der Waals surface area (Å²) in [6.45, 7) is 2.28. The van der Waals surface area contributed by atoms with Crippen molar-refractivity contribution in [3.63, 3.8) is 0 Å². The third-order valence-electron chi connectivity index (χ3n) is 7.89. The average Bonchev–Trinajstić information content (AvgIpc) is 3.63. The second-order valence-corrected chi connectivity index (χ2v) is 10.8. The Morgan fingerprint density at radius 3 is 2.02 bits per heavy atom. The van der Waals surface area contributed by atoms with Crippen LogP contribution in [-0.2, 0) is 6.42 Å². The third-order valence-corrected chi connectivity index (χ3v) is 7.89. The predicted molar refractivity (Wildman–Crippen MR) is 168 cm³/mol. The number of nitrogens with zero attached hydrogens (tertiary/aromatic N) is 2. The van der Waals surface area contributed by atoms with Crippen LogP contribution in [-0.4, -0.2) is 35.4 Å². The maximum absolute atomic E-state index is 5.64. The van der Waals surface area contributed by atoms with Crippen LogP contribution in [0.5, 0.6) is 0 Å². The summed E-state index contributed by atoms with van der Waals surface area (Å²) in [5, 5.41) is 6.06. The van der Waals surface area contributed by atoms with E-state index in [1.165, 1.54) is 38.6 Å². The maximum Gasteiger partial charge on any atom is 0.107 e. The first-order chi connectivity index (χ1) is 19.7. The zero-order valence-corrected chi connectivity index (χ0v) is 23.0. The smallest absolute Gasteiger partial charge is 0.107 e. The molecule has 0 spiro atoms. The lowest BCUT2D eigenvalue weighted by Crippen LogP contribution is -2.23. The fraction of sp³-hybridized carbons (Fsp3) is 0.294. The summed E-state index contributed by atoms with van der Waals surface area (Å²) in [5.41, 5.74) is 19.5. The van der Waals surface area contributed by atoms with E-state index in [1.807, 2.05) is 0 Å². The molecule has 1 aromatic heterocycles. The number of nitrogens with one attached hydrogen (secondary N) is 2. The van der Waals surface area contributed by atoms with Crippen LogP contribution < -0.4 is 16.8 Å². The van der Waals surface area contributed by atoms with Gasteiger partial charge in [0.05, 0.1) is 29.5 Å². The molecule has 5 aromatic rings. The molecular weight excluding hydrogens is 492 g/mol. The molecule has 2 heterocycles. The first kappa shape index (κ1) is 26.2. The van der Waals surface area contributed by atoms with Gasteiger partial charge in [0.25, 0.3) is 0 Å². The molecule has 6 rings (SSSR count). The molecule has 0 bridgehead atoms. The van der Waals surface area contributed by atoms with Gasteiger partial charge in [-0.1, -0.05) is 54.6 Å². The number of aromatic amines is 1. The summed E-state index contributed by atoms with van der Waals surface area (Å²) >= 11 is 0. The van der Waals surface area contributed by atoms with Crippen LogP contribution in [0, 0.1) is 0 Å². The van der Waals surface area contributed by atoms with E-state index in [-0.39, 0.29) is 6.04 Å². The molecule has 40 heavy (non-hydrogen) atoms. The van der Waals surface area contributed by atoms with Crippen molar-refractivity contribution in [2.45, 2.75) is 44.6 Å². The monoisotopic (exact) mass is 530 g/mol. The molecule has 4 aromatic carbocycles. The van der Waals surface area contributed by atoms with E-state index in [2.05, 4.69) is 89.2 Å². The largest absolute Gasteiger partial charge is 0.365 e. The lowest BCUT2D eigenvalue weighted by Gasteiger charge is -2.13. The van der Waals surface area contributed by atoms with Gasteiger partial charge in [-0.05, 0) is 102 Å². The van der Waals surface area contributed by atoms with Gasteiger partial charge in [0.2, 0.25) is 0 Å². The highest BCUT2D eigenvalue weighted by Gasteiger charge is 2.18. The number of H-pyrrole nitrogens is 1. The number of aliphatic imine (C=N–C) groups is 1. The molecule has 1 aliphatic rings. The summed E-state index contributed by atoms with van der Waals surface area (Å²) in [5.74, 6) is 2.15. The Kier molecular flexibility index (Phi) is 7.89. The lowest BCUT2D eigenvalue weighted by atomic mass is 9.96. The van der Waals surface area contributed by atoms with Crippen LogP contribution in [0.3, 0.4) is 0 Å². The van der Waals surface area contributed by atoms with E-state index < -0.39 is 0 Å². The Morgan fingerprint density at radius 1 is 0.675 bits per heavy atom. The number of imidazole rings is 1. The van der Waals surface area contributed by atoms with Crippen molar-refractivity contribution >= 4 is 27.6 Å². The minimum atomic E-state index is 0.265.